The van der Waals surface area contributed by atoms with Gasteiger partial charge >= 0.3 is 0 Å². The summed E-state index contributed by atoms with van der Waals surface area (Å²) in [5.74, 6) is 2.42. The molecule has 0 atom stereocenters. The average Bonchev–Trinajstić information content (AvgIpc) is 2.24. The summed E-state index contributed by atoms with van der Waals surface area (Å²) in [5.41, 5.74) is 5.82. The molecule has 1 aliphatic rings. The van der Waals surface area contributed by atoms with Crippen molar-refractivity contribution < 1.29 is 0 Å². The van der Waals surface area contributed by atoms with Crippen LogP contribution >= 0.6 is 0 Å². The number of nitrogens with zero attached hydrogens (tertiary/aromatic N) is 3. The Labute approximate surface area is 102 Å². The summed E-state index contributed by atoms with van der Waals surface area (Å²) in [7, 11) is 1.99. The Morgan fingerprint density at radius 3 is 2.88 bits per heavy atom. The minimum atomic E-state index is 0.574. The van der Waals surface area contributed by atoms with Crippen molar-refractivity contribution in [1.29, 1.82) is 0 Å². The highest BCUT2D eigenvalue weighted by Crippen LogP contribution is 2.20. The molecule has 0 amide bonds. The van der Waals surface area contributed by atoms with Gasteiger partial charge in [-0.1, -0.05) is 13.3 Å². The van der Waals surface area contributed by atoms with Crippen LogP contribution < -0.4 is 16.0 Å². The van der Waals surface area contributed by atoms with E-state index >= 15 is 0 Å². The highest BCUT2D eigenvalue weighted by atomic mass is 15.3. The third-order valence-electron chi connectivity index (χ3n) is 3.15. The zero-order valence-electron chi connectivity index (χ0n) is 10.6. The summed E-state index contributed by atoms with van der Waals surface area (Å²) in [5, 5.41) is 3.25. The van der Waals surface area contributed by atoms with Gasteiger partial charge in [-0.25, -0.2) is 9.97 Å². The molecular formula is C12H21N5. The van der Waals surface area contributed by atoms with Crippen molar-refractivity contribution in [3.63, 3.8) is 0 Å². The Morgan fingerprint density at radius 1 is 1.47 bits per heavy atom. The second-order valence-electron chi connectivity index (χ2n) is 4.56. The third-order valence-corrected chi connectivity index (χ3v) is 3.15. The fourth-order valence-electron chi connectivity index (χ4n) is 1.96. The maximum atomic E-state index is 5.82. The van der Waals surface area contributed by atoms with Crippen LogP contribution in [0, 0.1) is 0 Å². The Bertz CT molecular complexity index is 373. The Hall–Kier alpha value is -1.36. The lowest BCUT2D eigenvalue weighted by molar-refractivity contribution is 0.446. The van der Waals surface area contributed by atoms with Gasteiger partial charge in [-0.05, 0) is 13.5 Å². The van der Waals surface area contributed by atoms with Crippen LogP contribution in [0.1, 0.15) is 25.6 Å². The van der Waals surface area contributed by atoms with Crippen LogP contribution in [0.15, 0.2) is 6.07 Å². The van der Waals surface area contributed by atoms with Crippen LogP contribution in [0.5, 0.6) is 0 Å². The van der Waals surface area contributed by atoms with Crippen molar-refractivity contribution >= 4 is 11.6 Å². The average molecular weight is 235 g/mol. The molecule has 1 aromatic heterocycles. The number of rotatable bonds is 5. The molecule has 0 aliphatic carbocycles. The predicted molar refractivity (Wildman–Crippen MR) is 70.1 cm³/mol. The van der Waals surface area contributed by atoms with Gasteiger partial charge in [0.05, 0.1) is 0 Å². The number of hydrogen-bond donors (Lipinski definition) is 2. The second kappa shape index (κ2) is 5.31. The van der Waals surface area contributed by atoms with Crippen molar-refractivity contribution in [3.8, 4) is 0 Å². The van der Waals surface area contributed by atoms with Gasteiger partial charge in [0.25, 0.3) is 0 Å². The Balaban J connectivity index is 2.04. The summed E-state index contributed by atoms with van der Waals surface area (Å²) < 4.78 is 0. The quantitative estimate of drug-likeness (QED) is 0.790. The van der Waals surface area contributed by atoms with E-state index in [1.807, 2.05) is 13.1 Å². The first-order valence-corrected chi connectivity index (χ1v) is 6.28. The van der Waals surface area contributed by atoms with Gasteiger partial charge in [0.1, 0.15) is 17.5 Å². The van der Waals surface area contributed by atoms with Crippen molar-refractivity contribution in [2.45, 2.75) is 32.2 Å². The minimum Gasteiger partial charge on any atom is -0.384 e. The number of aryl methyl sites for hydroxylation is 1. The molecule has 0 bridgehead atoms. The van der Waals surface area contributed by atoms with Gasteiger partial charge in [0.2, 0.25) is 0 Å². The zero-order chi connectivity index (χ0) is 12.3. The van der Waals surface area contributed by atoms with Crippen molar-refractivity contribution in [3.05, 3.63) is 11.9 Å². The van der Waals surface area contributed by atoms with E-state index in [9.17, 15) is 0 Å². The third kappa shape index (κ3) is 2.85. The number of hydrogen-bond acceptors (Lipinski definition) is 5. The summed E-state index contributed by atoms with van der Waals surface area (Å²) in [6.45, 7) is 4.17. The van der Waals surface area contributed by atoms with E-state index in [4.69, 9.17) is 5.73 Å². The van der Waals surface area contributed by atoms with Gasteiger partial charge < -0.3 is 16.0 Å². The van der Waals surface area contributed by atoms with Gasteiger partial charge in [0.15, 0.2) is 0 Å². The van der Waals surface area contributed by atoms with Crippen LogP contribution in [0.3, 0.4) is 0 Å². The molecule has 94 valence electrons. The van der Waals surface area contributed by atoms with E-state index in [-0.39, 0.29) is 0 Å². The highest BCUT2D eigenvalue weighted by Gasteiger charge is 2.26. The monoisotopic (exact) mass is 235 g/mol. The lowest BCUT2D eigenvalue weighted by Gasteiger charge is -2.40. The van der Waals surface area contributed by atoms with Gasteiger partial charge in [-0.15, -0.1) is 0 Å². The fourth-order valence-corrected chi connectivity index (χ4v) is 1.96. The molecular weight excluding hydrogens is 214 g/mol. The van der Waals surface area contributed by atoms with E-state index < -0.39 is 0 Å². The molecule has 1 aromatic rings. The molecule has 0 saturated carbocycles. The number of nitrogen functional groups attached to an aromatic ring is 1. The standard InChI is InChI=1S/C12H21N5/c1-3-4-5-11-15-10(13)6-12(16-11)17-7-9(8-17)14-2/h6,9,14H,3-5,7-8H2,1-2H3,(H2,13,15,16). The molecule has 3 N–H and O–H groups in total. The number of anilines is 2. The number of nitrogens with one attached hydrogen (secondary N) is 1. The van der Waals surface area contributed by atoms with Crippen LogP contribution in [-0.4, -0.2) is 36.1 Å². The van der Waals surface area contributed by atoms with Crippen LogP contribution in [-0.2, 0) is 6.42 Å². The SMILES string of the molecule is CCCCc1nc(N)cc(N2CC(NC)C2)n1. The molecule has 0 radical (unpaired) electrons. The summed E-state index contributed by atoms with van der Waals surface area (Å²) in [6.07, 6.45) is 3.18. The molecule has 0 aromatic carbocycles. The minimum absolute atomic E-state index is 0.574. The topological polar surface area (TPSA) is 67.1 Å². The summed E-state index contributed by atoms with van der Waals surface area (Å²) in [6, 6.07) is 2.44. The van der Waals surface area contributed by atoms with Crippen molar-refractivity contribution in [2.24, 2.45) is 0 Å². The number of likely N-dealkylation sites (N-methyl/N-ethyl adjacent to an activating group) is 1. The molecule has 1 fully saturated rings. The maximum Gasteiger partial charge on any atom is 0.134 e. The van der Waals surface area contributed by atoms with Gasteiger partial charge in [0, 0.05) is 31.6 Å². The second-order valence-corrected chi connectivity index (χ2v) is 4.56. The lowest BCUT2D eigenvalue weighted by Crippen LogP contribution is -2.57. The number of nitrogens with two attached hydrogens (primary N) is 1. The van der Waals surface area contributed by atoms with E-state index in [1.54, 1.807) is 0 Å². The van der Waals surface area contributed by atoms with Gasteiger partial charge in [-0.3, -0.25) is 0 Å². The molecule has 0 unspecified atom stereocenters. The fraction of sp³-hybridized carbons (Fsp3) is 0.667. The first-order chi connectivity index (χ1) is 8.22. The van der Waals surface area contributed by atoms with Crippen molar-refractivity contribution in [1.82, 2.24) is 15.3 Å². The molecule has 0 spiro atoms. The van der Waals surface area contributed by atoms with Crippen LogP contribution in [0.25, 0.3) is 0 Å². The Morgan fingerprint density at radius 2 is 2.24 bits per heavy atom. The van der Waals surface area contributed by atoms with E-state index in [2.05, 4.69) is 27.1 Å². The van der Waals surface area contributed by atoms with E-state index in [0.717, 1.165) is 44.0 Å². The van der Waals surface area contributed by atoms with Crippen molar-refractivity contribution in [2.75, 3.05) is 30.8 Å². The highest BCUT2D eigenvalue weighted by molar-refractivity contribution is 5.49. The smallest absolute Gasteiger partial charge is 0.134 e. The molecule has 5 heteroatoms. The first kappa shape index (κ1) is 12.1. The normalized spacial score (nSPS) is 16.0. The summed E-state index contributed by atoms with van der Waals surface area (Å²) >= 11 is 0. The van der Waals surface area contributed by atoms with Crippen LogP contribution in [0.2, 0.25) is 0 Å². The van der Waals surface area contributed by atoms with Crippen LogP contribution in [0.4, 0.5) is 11.6 Å². The van der Waals surface area contributed by atoms with Gasteiger partial charge in [-0.2, -0.15) is 0 Å². The van der Waals surface area contributed by atoms with E-state index in [0.29, 0.717) is 11.9 Å². The molecule has 2 rings (SSSR count). The number of unbranched alkanes of at least 4 members (excludes halogenated alkanes) is 1. The molecule has 1 aliphatic heterocycles. The molecule has 5 nitrogen and oxygen atoms in total. The summed E-state index contributed by atoms with van der Waals surface area (Å²) in [4.78, 5) is 11.1. The van der Waals surface area contributed by atoms with E-state index in [1.165, 1.54) is 0 Å². The maximum absolute atomic E-state index is 5.82. The largest absolute Gasteiger partial charge is 0.384 e. The Kier molecular flexibility index (Phi) is 3.78. The molecule has 1 saturated heterocycles. The predicted octanol–water partition coefficient (Wildman–Crippen LogP) is 0.809. The first-order valence-electron chi connectivity index (χ1n) is 6.28. The number of aromatic nitrogens is 2. The lowest BCUT2D eigenvalue weighted by atomic mass is 10.1. The molecule has 2 heterocycles. The molecule has 17 heavy (non-hydrogen) atoms. The zero-order valence-corrected chi connectivity index (χ0v) is 10.6.